The Morgan fingerprint density at radius 3 is 2.39 bits per heavy atom. The van der Waals surface area contributed by atoms with Gasteiger partial charge in [-0.15, -0.1) is 0 Å². The van der Waals surface area contributed by atoms with Crippen molar-refractivity contribution < 1.29 is 31.7 Å². The molecule has 4 fully saturated rings. The van der Waals surface area contributed by atoms with Gasteiger partial charge in [0.1, 0.15) is 6.29 Å². The molecule has 3 atom stereocenters. The molecule has 0 aromatic rings. The second kappa shape index (κ2) is 5.35. The van der Waals surface area contributed by atoms with Gasteiger partial charge >= 0.3 is 19.1 Å². The number of aldehydes is 1. The molecule has 4 saturated carbocycles. The summed E-state index contributed by atoms with van der Waals surface area (Å²) in [5, 5.41) is 0. The van der Waals surface area contributed by atoms with Crippen LogP contribution in [-0.4, -0.2) is 34.8 Å². The molecule has 0 spiro atoms. The number of hydrogen-bond donors (Lipinski definition) is 1. The molecule has 0 aliphatic heterocycles. The van der Waals surface area contributed by atoms with E-state index in [2.05, 4.69) is 0 Å². The molecule has 0 saturated heterocycles. The molecule has 0 aromatic heterocycles. The fourth-order valence-corrected chi connectivity index (χ4v) is 5.67. The molecule has 6 nitrogen and oxygen atoms in total. The predicted octanol–water partition coefficient (Wildman–Crippen LogP) is 2.26. The maximum atomic E-state index is 13.9. The number of hydrogen-bond acceptors (Lipinski definition) is 5. The molecule has 9 heteroatoms. The quantitative estimate of drug-likeness (QED) is 0.222. The minimum absolute atomic E-state index is 0.112. The number of alkyl halides is 2. The monoisotopic (exact) mass is 460 g/mol. The molecule has 0 amide bonds. The van der Waals surface area contributed by atoms with E-state index in [9.17, 15) is 22.4 Å². The van der Waals surface area contributed by atoms with Crippen molar-refractivity contribution >= 4 is 45.0 Å². The first-order valence-corrected chi connectivity index (χ1v) is 10.0. The van der Waals surface area contributed by atoms with Crippen LogP contribution in [0.3, 0.4) is 0 Å². The zero-order valence-electron chi connectivity index (χ0n) is 12.3. The molecular weight excluding hydrogens is 442 g/mol. The largest absolute Gasteiger partial charge is 0.461 e. The third-order valence-corrected chi connectivity index (χ3v) is 8.47. The van der Waals surface area contributed by atoms with Crippen LogP contribution >= 0.6 is 22.6 Å². The average molecular weight is 460 g/mol. The Balaban J connectivity index is 1.74. The Morgan fingerprint density at radius 2 is 1.91 bits per heavy atom. The first kappa shape index (κ1) is 17.5. The molecule has 0 aromatic carbocycles. The van der Waals surface area contributed by atoms with Crippen LogP contribution in [0.5, 0.6) is 0 Å². The van der Waals surface area contributed by atoms with Crippen molar-refractivity contribution in [2.24, 2.45) is 22.7 Å². The summed E-state index contributed by atoms with van der Waals surface area (Å²) in [6, 6.07) is 0. The van der Waals surface area contributed by atoms with Crippen LogP contribution in [0.25, 0.3) is 0 Å². The van der Waals surface area contributed by atoms with Crippen molar-refractivity contribution in [1.29, 1.82) is 0 Å². The van der Waals surface area contributed by atoms with E-state index in [1.54, 1.807) is 0 Å². The lowest BCUT2D eigenvalue weighted by Crippen LogP contribution is -2.54. The summed E-state index contributed by atoms with van der Waals surface area (Å²) in [4.78, 5) is 23.3. The van der Waals surface area contributed by atoms with E-state index < -0.39 is 19.1 Å². The van der Waals surface area contributed by atoms with Gasteiger partial charge < -0.3 is 9.53 Å². The SMILES string of the molecule is O=CC12CC3CC(C1)CC(COC(=O)C(F)(I)S(=O)(=O)O)(C3)C2. The summed E-state index contributed by atoms with van der Waals surface area (Å²) >= 11 is 0.725. The van der Waals surface area contributed by atoms with Crippen LogP contribution in [0.15, 0.2) is 0 Å². The molecule has 4 aliphatic rings. The average Bonchev–Trinajstić information content (AvgIpc) is 2.42. The van der Waals surface area contributed by atoms with Crippen LogP contribution in [0.4, 0.5) is 4.39 Å². The van der Waals surface area contributed by atoms with Gasteiger partial charge in [-0.25, -0.2) is 4.79 Å². The minimum Gasteiger partial charge on any atom is -0.461 e. The number of halogens is 2. The lowest BCUT2D eigenvalue weighted by molar-refractivity contribution is -0.168. The van der Waals surface area contributed by atoms with E-state index in [1.807, 2.05) is 0 Å². The molecular formula is C14H18FIO6S. The number of rotatable bonds is 5. The van der Waals surface area contributed by atoms with Gasteiger partial charge in [0.05, 0.1) is 6.61 Å². The number of carbonyl (C=O) groups is 2. The van der Waals surface area contributed by atoms with Crippen molar-refractivity contribution in [2.45, 2.75) is 41.5 Å². The van der Waals surface area contributed by atoms with Gasteiger partial charge in [0.15, 0.2) is 0 Å². The Hall–Kier alpha value is -0.290. The van der Waals surface area contributed by atoms with E-state index in [-0.39, 0.29) is 17.4 Å². The summed E-state index contributed by atoms with van der Waals surface area (Å²) in [5.74, 6) is -0.815. The fraction of sp³-hybridized carbons (Fsp3) is 0.857. The first-order chi connectivity index (χ1) is 10.5. The zero-order chi connectivity index (χ0) is 17.1. The molecule has 0 radical (unpaired) electrons. The van der Waals surface area contributed by atoms with E-state index >= 15 is 0 Å². The smallest absolute Gasteiger partial charge is 0.378 e. The summed E-state index contributed by atoms with van der Waals surface area (Å²) < 4.78 is 46.0. The first-order valence-electron chi connectivity index (χ1n) is 7.49. The maximum Gasteiger partial charge on any atom is 0.378 e. The van der Waals surface area contributed by atoms with Gasteiger partial charge in [-0.2, -0.15) is 12.8 Å². The second-order valence-corrected chi connectivity index (χ2v) is 11.2. The zero-order valence-corrected chi connectivity index (χ0v) is 15.3. The molecule has 0 heterocycles. The molecule has 4 rings (SSSR count). The molecule has 1 N–H and O–H groups in total. The van der Waals surface area contributed by atoms with Crippen LogP contribution in [-0.2, 0) is 24.4 Å². The Kier molecular flexibility index (Phi) is 4.08. The highest BCUT2D eigenvalue weighted by Gasteiger charge is 2.59. The minimum atomic E-state index is -5.21. The van der Waals surface area contributed by atoms with Crippen molar-refractivity contribution in [1.82, 2.24) is 0 Å². The van der Waals surface area contributed by atoms with Crippen LogP contribution < -0.4 is 0 Å². The normalized spacial score (nSPS) is 41.3. The highest BCUT2D eigenvalue weighted by atomic mass is 127. The summed E-state index contributed by atoms with van der Waals surface area (Å²) in [6.45, 7) is -0.112. The third kappa shape index (κ3) is 2.92. The van der Waals surface area contributed by atoms with Crippen LogP contribution in [0, 0.1) is 22.7 Å². The topological polar surface area (TPSA) is 97.7 Å². The summed E-state index contributed by atoms with van der Waals surface area (Å²) in [7, 11) is -5.21. The van der Waals surface area contributed by atoms with E-state index in [0.29, 0.717) is 18.3 Å². The molecule has 3 unspecified atom stereocenters. The lowest BCUT2D eigenvalue weighted by atomic mass is 9.45. The predicted molar refractivity (Wildman–Crippen MR) is 86.0 cm³/mol. The van der Waals surface area contributed by atoms with E-state index in [0.717, 1.165) is 61.0 Å². The van der Waals surface area contributed by atoms with Crippen LogP contribution in [0.2, 0.25) is 0 Å². The third-order valence-electron chi connectivity index (χ3n) is 5.55. The number of esters is 1. The number of carbonyl (C=O) groups excluding carboxylic acids is 2. The Bertz CT molecular complexity index is 632. The van der Waals surface area contributed by atoms with Gasteiger partial charge in [0.25, 0.3) is 0 Å². The molecule has 4 aliphatic carbocycles. The summed E-state index contributed by atoms with van der Waals surface area (Å²) in [5.41, 5.74) is -0.761. The molecule has 130 valence electrons. The summed E-state index contributed by atoms with van der Waals surface area (Å²) in [6.07, 6.45) is 5.99. The van der Waals surface area contributed by atoms with Gasteiger partial charge in [0, 0.05) is 10.8 Å². The van der Waals surface area contributed by atoms with Crippen molar-refractivity contribution in [2.75, 3.05) is 6.61 Å². The number of ether oxygens (including phenoxy) is 1. The van der Waals surface area contributed by atoms with Gasteiger partial charge in [-0.3, -0.25) is 4.55 Å². The Morgan fingerprint density at radius 1 is 1.35 bits per heavy atom. The molecule has 23 heavy (non-hydrogen) atoms. The van der Waals surface area contributed by atoms with Gasteiger partial charge in [-0.1, -0.05) is 0 Å². The van der Waals surface area contributed by atoms with Crippen molar-refractivity contribution in [3.8, 4) is 0 Å². The standard InChI is InChI=1S/C14H18FIO6S/c15-14(16,23(19,20)21)11(18)22-8-13-4-9-1-10(5-13)3-12(2-9,6-13)7-17/h7,9-10H,1-6,8H2,(H,19,20,21). The van der Waals surface area contributed by atoms with Crippen molar-refractivity contribution in [3.63, 3.8) is 0 Å². The highest BCUT2D eigenvalue weighted by molar-refractivity contribution is 14.1. The van der Waals surface area contributed by atoms with E-state index in [1.165, 1.54) is 0 Å². The Labute approximate surface area is 147 Å². The molecule has 4 bridgehead atoms. The fourth-order valence-electron chi connectivity index (χ4n) is 5.24. The van der Waals surface area contributed by atoms with Crippen molar-refractivity contribution in [3.05, 3.63) is 0 Å². The lowest BCUT2D eigenvalue weighted by Gasteiger charge is -2.60. The van der Waals surface area contributed by atoms with Crippen LogP contribution in [0.1, 0.15) is 38.5 Å². The highest BCUT2D eigenvalue weighted by Crippen LogP contribution is 2.64. The van der Waals surface area contributed by atoms with E-state index in [4.69, 9.17) is 9.29 Å². The van der Waals surface area contributed by atoms with Gasteiger partial charge in [-0.05, 0) is 73.0 Å². The maximum absolute atomic E-state index is 13.9. The van der Waals surface area contributed by atoms with Gasteiger partial charge in [0.2, 0.25) is 0 Å². The second-order valence-electron chi connectivity index (χ2n) is 7.51.